The number of imide groups is 1. The lowest BCUT2D eigenvalue weighted by molar-refractivity contribution is -0.135. The molecule has 0 atom stereocenters. The molecule has 172 valence electrons. The molecular formula is C24H23ClN2O5S. The fourth-order valence-corrected chi connectivity index (χ4v) is 4.59. The normalized spacial score (nSPS) is 17.2. The van der Waals surface area contributed by atoms with Gasteiger partial charge in [-0.25, -0.2) is 0 Å². The van der Waals surface area contributed by atoms with Gasteiger partial charge in [0.1, 0.15) is 13.2 Å². The third kappa shape index (κ3) is 5.51. The Hall–Kier alpha value is -2.97. The first-order chi connectivity index (χ1) is 15.9. The molecule has 0 bridgehead atoms. The molecule has 9 heteroatoms. The summed E-state index contributed by atoms with van der Waals surface area (Å²) < 4.78 is 11.3. The first-order valence-electron chi connectivity index (χ1n) is 10.5. The van der Waals surface area contributed by atoms with E-state index >= 15 is 0 Å². The number of hydrogen-bond donors (Lipinski definition) is 0. The van der Waals surface area contributed by atoms with Crippen LogP contribution < -0.4 is 9.47 Å². The summed E-state index contributed by atoms with van der Waals surface area (Å²) in [6.07, 6.45) is 3.53. The van der Waals surface area contributed by atoms with Gasteiger partial charge in [-0.05, 0) is 66.1 Å². The second-order valence-electron chi connectivity index (χ2n) is 7.68. The monoisotopic (exact) mass is 486 g/mol. The Kier molecular flexibility index (Phi) is 7.25. The van der Waals surface area contributed by atoms with E-state index in [-0.39, 0.29) is 17.4 Å². The highest BCUT2D eigenvalue weighted by molar-refractivity contribution is 8.18. The first-order valence-corrected chi connectivity index (χ1v) is 11.7. The van der Waals surface area contributed by atoms with Crippen LogP contribution >= 0.6 is 23.4 Å². The summed E-state index contributed by atoms with van der Waals surface area (Å²) in [7, 11) is 1.53. The number of methoxy groups -OCH3 is 1. The van der Waals surface area contributed by atoms with E-state index in [1.165, 1.54) is 7.11 Å². The lowest BCUT2D eigenvalue weighted by Gasteiger charge is -2.18. The van der Waals surface area contributed by atoms with E-state index in [9.17, 15) is 14.4 Å². The summed E-state index contributed by atoms with van der Waals surface area (Å²) >= 11 is 6.74. The molecule has 2 aromatic rings. The molecule has 2 aromatic carbocycles. The third-order valence-corrected chi connectivity index (χ3v) is 6.58. The molecule has 2 aliphatic heterocycles. The fourth-order valence-electron chi connectivity index (χ4n) is 3.62. The minimum Gasteiger partial charge on any atom is -0.493 e. The van der Waals surface area contributed by atoms with Crippen molar-refractivity contribution >= 4 is 46.5 Å². The predicted molar refractivity (Wildman–Crippen MR) is 127 cm³/mol. The smallest absolute Gasteiger partial charge is 0.294 e. The highest BCUT2D eigenvalue weighted by Gasteiger charge is 2.37. The number of benzene rings is 2. The van der Waals surface area contributed by atoms with Gasteiger partial charge in [0.25, 0.3) is 11.1 Å². The lowest BCUT2D eigenvalue weighted by atomic mass is 10.1. The number of likely N-dealkylation sites (tertiary alicyclic amines) is 1. The van der Waals surface area contributed by atoms with Crippen LogP contribution in [0.2, 0.25) is 5.02 Å². The van der Waals surface area contributed by atoms with Crippen LogP contribution in [-0.2, 0) is 16.2 Å². The molecule has 0 radical (unpaired) electrons. The van der Waals surface area contributed by atoms with Gasteiger partial charge < -0.3 is 14.4 Å². The molecule has 0 spiro atoms. The van der Waals surface area contributed by atoms with E-state index < -0.39 is 11.1 Å². The maximum atomic E-state index is 12.8. The second-order valence-corrected chi connectivity index (χ2v) is 9.11. The molecule has 3 amide bonds. The molecule has 0 saturated carbocycles. The van der Waals surface area contributed by atoms with E-state index in [1.807, 2.05) is 12.1 Å². The summed E-state index contributed by atoms with van der Waals surface area (Å²) in [6.45, 7) is 1.48. The topological polar surface area (TPSA) is 76.2 Å². The van der Waals surface area contributed by atoms with E-state index in [2.05, 4.69) is 0 Å². The Morgan fingerprint density at radius 2 is 1.82 bits per heavy atom. The van der Waals surface area contributed by atoms with Gasteiger partial charge in [-0.2, -0.15) is 0 Å². The molecule has 33 heavy (non-hydrogen) atoms. The average Bonchev–Trinajstić information content (AvgIpc) is 3.44. The molecule has 0 aromatic heterocycles. The van der Waals surface area contributed by atoms with E-state index in [0.29, 0.717) is 41.8 Å². The predicted octanol–water partition coefficient (Wildman–Crippen LogP) is 4.59. The van der Waals surface area contributed by atoms with Gasteiger partial charge in [0.15, 0.2) is 11.5 Å². The van der Waals surface area contributed by atoms with E-state index in [0.717, 1.165) is 35.1 Å². The van der Waals surface area contributed by atoms with Crippen LogP contribution in [-0.4, -0.2) is 53.6 Å². The van der Waals surface area contributed by atoms with Crippen molar-refractivity contribution in [1.29, 1.82) is 0 Å². The minimum absolute atomic E-state index is 0.195. The lowest BCUT2D eigenvalue weighted by Crippen LogP contribution is -2.40. The Morgan fingerprint density at radius 3 is 2.52 bits per heavy atom. The van der Waals surface area contributed by atoms with Crippen LogP contribution in [0.3, 0.4) is 0 Å². The van der Waals surface area contributed by atoms with Crippen molar-refractivity contribution in [3.63, 3.8) is 0 Å². The molecule has 7 nitrogen and oxygen atoms in total. The third-order valence-electron chi connectivity index (χ3n) is 5.42. The van der Waals surface area contributed by atoms with Gasteiger partial charge in [0, 0.05) is 18.1 Å². The minimum atomic E-state index is -0.459. The number of hydrogen-bond acceptors (Lipinski definition) is 6. The number of nitrogens with zero attached hydrogens (tertiary/aromatic N) is 2. The molecule has 2 heterocycles. The zero-order chi connectivity index (χ0) is 23.4. The standard InChI is InChI=1S/C24H23ClN2O5S/c1-31-20-12-17(6-9-19(20)32-15-16-4-7-18(25)8-5-16)13-21-23(29)27(24(30)33-21)14-22(28)26-10-2-3-11-26/h4-9,12-13H,2-3,10-11,14-15H2,1H3/b21-13+. The summed E-state index contributed by atoms with van der Waals surface area (Å²) in [5, 5.41) is 0.221. The van der Waals surface area contributed by atoms with Gasteiger partial charge in [0.05, 0.1) is 12.0 Å². The van der Waals surface area contributed by atoms with E-state index in [1.54, 1.807) is 41.3 Å². The molecule has 4 rings (SSSR count). The summed E-state index contributed by atoms with van der Waals surface area (Å²) in [5.74, 6) is 0.398. The van der Waals surface area contributed by atoms with Crippen LogP contribution in [0.5, 0.6) is 11.5 Å². The van der Waals surface area contributed by atoms with Crippen LogP contribution in [0.4, 0.5) is 4.79 Å². The summed E-state index contributed by atoms with van der Waals surface area (Å²) in [5.41, 5.74) is 1.64. The molecular weight excluding hydrogens is 464 g/mol. The first kappa shape index (κ1) is 23.2. The summed E-state index contributed by atoms with van der Waals surface area (Å²) in [4.78, 5) is 40.5. The number of rotatable bonds is 7. The molecule has 2 saturated heterocycles. The van der Waals surface area contributed by atoms with Crippen molar-refractivity contribution in [3.05, 3.63) is 63.5 Å². The molecule has 2 aliphatic rings. The number of carbonyl (C=O) groups is 3. The zero-order valence-electron chi connectivity index (χ0n) is 18.1. The molecule has 0 unspecified atom stereocenters. The van der Waals surface area contributed by atoms with Crippen LogP contribution in [0.1, 0.15) is 24.0 Å². The number of halogens is 1. The van der Waals surface area contributed by atoms with Crippen molar-refractivity contribution in [2.45, 2.75) is 19.4 Å². The molecule has 0 N–H and O–H groups in total. The Morgan fingerprint density at radius 1 is 1.09 bits per heavy atom. The van der Waals surface area contributed by atoms with Gasteiger partial charge in [-0.1, -0.05) is 29.8 Å². The maximum absolute atomic E-state index is 12.8. The average molecular weight is 487 g/mol. The quantitative estimate of drug-likeness (QED) is 0.533. The van der Waals surface area contributed by atoms with E-state index in [4.69, 9.17) is 21.1 Å². The Labute approximate surface area is 201 Å². The van der Waals surface area contributed by atoms with Gasteiger partial charge in [-0.15, -0.1) is 0 Å². The second kappa shape index (κ2) is 10.3. The molecule has 0 aliphatic carbocycles. The highest BCUT2D eigenvalue weighted by Crippen LogP contribution is 2.35. The number of amides is 3. The van der Waals surface area contributed by atoms with Crippen LogP contribution in [0, 0.1) is 0 Å². The van der Waals surface area contributed by atoms with Crippen molar-refractivity contribution < 1.29 is 23.9 Å². The van der Waals surface area contributed by atoms with Gasteiger partial charge in [-0.3, -0.25) is 19.3 Å². The van der Waals surface area contributed by atoms with Crippen molar-refractivity contribution in [2.75, 3.05) is 26.7 Å². The number of ether oxygens (including phenoxy) is 2. The Balaban J connectivity index is 1.44. The molecule has 2 fully saturated rings. The Bertz CT molecular complexity index is 1100. The number of thioether (sulfide) groups is 1. The van der Waals surface area contributed by atoms with Crippen LogP contribution in [0.25, 0.3) is 6.08 Å². The van der Waals surface area contributed by atoms with Crippen molar-refractivity contribution in [1.82, 2.24) is 9.80 Å². The van der Waals surface area contributed by atoms with Crippen LogP contribution in [0.15, 0.2) is 47.4 Å². The summed E-state index contributed by atoms with van der Waals surface area (Å²) in [6, 6.07) is 12.6. The SMILES string of the molecule is COc1cc(/C=C2/SC(=O)N(CC(=O)N3CCCC3)C2=O)ccc1OCc1ccc(Cl)cc1. The highest BCUT2D eigenvalue weighted by atomic mass is 35.5. The van der Waals surface area contributed by atoms with Gasteiger partial charge in [0.2, 0.25) is 5.91 Å². The fraction of sp³-hybridized carbons (Fsp3) is 0.292. The van der Waals surface area contributed by atoms with Crippen molar-refractivity contribution in [2.24, 2.45) is 0 Å². The van der Waals surface area contributed by atoms with Gasteiger partial charge >= 0.3 is 0 Å². The zero-order valence-corrected chi connectivity index (χ0v) is 19.7. The number of carbonyl (C=O) groups excluding carboxylic acids is 3. The van der Waals surface area contributed by atoms with Crippen molar-refractivity contribution in [3.8, 4) is 11.5 Å². The largest absolute Gasteiger partial charge is 0.493 e. The maximum Gasteiger partial charge on any atom is 0.294 e.